The Morgan fingerprint density at radius 3 is 2.88 bits per heavy atom. The molecule has 0 atom stereocenters. The number of likely N-dealkylation sites (N-methyl/N-ethyl adjacent to an activating group) is 1. The number of aryl methyl sites for hydroxylation is 1. The molecule has 0 bridgehead atoms. The quantitative estimate of drug-likeness (QED) is 0.629. The Morgan fingerprint density at radius 1 is 1.19 bits per heavy atom. The van der Waals surface area contributed by atoms with E-state index >= 15 is 0 Å². The fourth-order valence-electron chi connectivity index (χ4n) is 2.26. The molecule has 90 valence electrons. The van der Waals surface area contributed by atoms with Gasteiger partial charge in [0, 0.05) is 25.3 Å². The van der Waals surface area contributed by atoms with Crippen LogP contribution in [0.15, 0.2) is 0 Å². The molecule has 1 aromatic rings. The molecule has 0 aliphatic heterocycles. The van der Waals surface area contributed by atoms with Crippen LogP contribution in [0.1, 0.15) is 36.7 Å². The number of fused-ring (bicyclic) bond motifs is 1. The van der Waals surface area contributed by atoms with Crippen molar-refractivity contribution in [2.45, 2.75) is 39.2 Å². The van der Waals surface area contributed by atoms with Gasteiger partial charge in [-0.25, -0.2) is 0 Å². The summed E-state index contributed by atoms with van der Waals surface area (Å²) in [4.78, 5) is 0. The second-order valence-electron chi connectivity index (χ2n) is 4.36. The molecule has 0 spiro atoms. The summed E-state index contributed by atoms with van der Waals surface area (Å²) in [6, 6.07) is 0. The summed E-state index contributed by atoms with van der Waals surface area (Å²) in [5.74, 6) is 0. The minimum Gasteiger partial charge on any atom is -0.316 e. The van der Waals surface area contributed by atoms with Gasteiger partial charge < -0.3 is 10.6 Å². The lowest BCUT2D eigenvalue weighted by Gasteiger charge is -2.11. The van der Waals surface area contributed by atoms with Gasteiger partial charge in [-0.05, 0) is 37.8 Å². The number of aromatic amines is 1. The molecule has 3 N–H and O–H groups in total. The highest BCUT2D eigenvalue weighted by Crippen LogP contribution is 2.21. The molecule has 0 fully saturated rings. The lowest BCUT2D eigenvalue weighted by Crippen LogP contribution is -2.27. The van der Waals surface area contributed by atoms with Crippen LogP contribution < -0.4 is 10.6 Å². The Morgan fingerprint density at radius 2 is 2.00 bits per heavy atom. The fourth-order valence-corrected chi connectivity index (χ4v) is 2.26. The molecular formula is C12H22N4. The lowest BCUT2D eigenvalue weighted by atomic mass is 9.96. The number of hydrogen-bond acceptors (Lipinski definition) is 3. The van der Waals surface area contributed by atoms with E-state index in [1.807, 2.05) is 0 Å². The average Bonchev–Trinajstić information content (AvgIpc) is 2.73. The maximum absolute atomic E-state index is 4.41. The van der Waals surface area contributed by atoms with E-state index in [4.69, 9.17) is 0 Å². The number of nitrogens with zero attached hydrogens (tertiary/aromatic N) is 1. The molecule has 0 unspecified atom stereocenters. The van der Waals surface area contributed by atoms with Gasteiger partial charge in [0.1, 0.15) is 0 Å². The molecular weight excluding hydrogens is 200 g/mol. The lowest BCUT2D eigenvalue weighted by molar-refractivity contribution is 0.612. The second kappa shape index (κ2) is 6.01. The summed E-state index contributed by atoms with van der Waals surface area (Å²) in [5, 5.41) is 14.3. The number of aromatic nitrogens is 2. The maximum atomic E-state index is 4.41. The van der Waals surface area contributed by atoms with Gasteiger partial charge in [-0.2, -0.15) is 5.10 Å². The van der Waals surface area contributed by atoms with E-state index < -0.39 is 0 Å². The molecule has 4 heteroatoms. The van der Waals surface area contributed by atoms with Gasteiger partial charge in [0.25, 0.3) is 0 Å². The highest BCUT2D eigenvalue weighted by Gasteiger charge is 2.15. The molecule has 1 aliphatic rings. The topological polar surface area (TPSA) is 52.7 Å². The zero-order chi connectivity index (χ0) is 11.2. The van der Waals surface area contributed by atoms with E-state index in [0.717, 1.165) is 26.2 Å². The van der Waals surface area contributed by atoms with Gasteiger partial charge in [0.2, 0.25) is 0 Å². The SMILES string of the molecule is CCNCCNCc1n[nH]c2c1CCCC2. The molecule has 0 saturated heterocycles. The van der Waals surface area contributed by atoms with Crippen molar-refractivity contribution >= 4 is 0 Å². The Labute approximate surface area is 97.2 Å². The molecule has 1 heterocycles. The molecule has 1 aliphatic carbocycles. The molecule has 1 aromatic heterocycles. The third-order valence-corrected chi connectivity index (χ3v) is 3.16. The van der Waals surface area contributed by atoms with Crippen LogP contribution in [0.4, 0.5) is 0 Å². The van der Waals surface area contributed by atoms with Crippen molar-refractivity contribution in [3.8, 4) is 0 Å². The summed E-state index contributed by atoms with van der Waals surface area (Å²) in [5.41, 5.74) is 4.07. The highest BCUT2D eigenvalue weighted by molar-refractivity contribution is 5.27. The number of nitrogens with one attached hydrogen (secondary N) is 3. The van der Waals surface area contributed by atoms with Crippen LogP contribution >= 0.6 is 0 Å². The molecule has 0 saturated carbocycles. The number of hydrogen-bond donors (Lipinski definition) is 3. The van der Waals surface area contributed by atoms with Crippen LogP contribution in [0, 0.1) is 0 Å². The first-order chi connectivity index (χ1) is 7.92. The first-order valence-electron chi connectivity index (χ1n) is 6.38. The number of rotatable bonds is 6. The molecule has 4 nitrogen and oxygen atoms in total. The summed E-state index contributed by atoms with van der Waals surface area (Å²) < 4.78 is 0. The first-order valence-corrected chi connectivity index (χ1v) is 6.38. The molecule has 0 amide bonds. The summed E-state index contributed by atoms with van der Waals surface area (Å²) in [6.45, 7) is 6.11. The standard InChI is InChI=1S/C12H22N4/c1-2-13-7-8-14-9-12-10-5-3-4-6-11(10)15-16-12/h13-14H,2-9H2,1H3,(H,15,16). The second-order valence-corrected chi connectivity index (χ2v) is 4.36. The van der Waals surface area contributed by atoms with Crippen LogP contribution in [-0.4, -0.2) is 29.8 Å². The van der Waals surface area contributed by atoms with Crippen molar-refractivity contribution in [3.05, 3.63) is 17.0 Å². The van der Waals surface area contributed by atoms with Gasteiger partial charge in [0.15, 0.2) is 0 Å². The van der Waals surface area contributed by atoms with E-state index in [-0.39, 0.29) is 0 Å². The van der Waals surface area contributed by atoms with Gasteiger partial charge in [-0.15, -0.1) is 0 Å². The van der Waals surface area contributed by atoms with Crippen LogP contribution in [0.2, 0.25) is 0 Å². The van der Waals surface area contributed by atoms with E-state index in [2.05, 4.69) is 27.8 Å². The Kier molecular flexibility index (Phi) is 4.36. The fraction of sp³-hybridized carbons (Fsp3) is 0.750. The van der Waals surface area contributed by atoms with Crippen molar-refractivity contribution in [1.29, 1.82) is 0 Å². The number of H-pyrrole nitrogens is 1. The zero-order valence-corrected chi connectivity index (χ0v) is 10.1. The van der Waals surface area contributed by atoms with E-state index in [1.54, 1.807) is 0 Å². The Bertz CT molecular complexity index is 319. The third kappa shape index (κ3) is 2.83. The molecule has 16 heavy (non-hydrogen) atoms. The molecule has 0 radical (unpaired) electrons. The van der Waals surface area contributed by atoms with E-state index in [0.29, 0.717) is 0 Å². The minimum atomic E-state index is 0.900. The summed E-state index contributed by atoms with van der Waals surface area (Å²) >= 11 is 0. The third-order valence-electron chi connectivity index (χ3n) is 3.16. The predicted molar refractivity (Wildman–Crippen MR) is 65.5 cm³/mol. The van der Waals surface area contributed by atoms with Crippen LogP contribution in [0.5, 0.6) is 0 Å². The summed E-state index contributed by atoms with van der Waals surface area (Å²) in [6.07, 6.45) is 5.01. The molecule has 2 rings (SSSR count). The van der Waals surface area contributed by atoms with Crippen molar-refractivity contribution in [1.82, 2.24) is 20.8 Å². The van der Waals surface area contributed by atoms with Crippen LogP contribution in [0.25, 0.3) is 0 Å². The zero-order valence-electron chi connectivity index (χ0n) is 10.1. The van der Waals surface area contributed by atoms with Gasteiger partial charge in [-0.1, -0.05) is 6.92 Å². The Balaban J connectivity index is 1.78. The first kappa shape index (κ1) is 11.6. The van der Waals surface area contributed by atoms with Gasteiger partial charge in [0.05, 0.1) is 5.69 Å². The van der Waals surface area contributed by atoms with Crippen molar-refractivity contribution in [2.24, 2.45) is 0 Å². The maximum Gasteiger partial charge on any atom is 0.0794 e. The van der Waals surface area contributed by atoms with Crippen LogP contribution in [-0.2, 0) is 19.4 Å². The normalized spacial score (nSPS) is 15.1. The Hall–Kier alpha value is -0.870. The largest absolute Gasteiger partial charge is 0.316 e. The average molecular weight is 222 g/mol. The van der Waals surface area contributed by atoms with Crippen molar-refractivity contribution in [2.75, 3.05) is 19.6 Å². The smallest absolute Gasteiger partial charge is 0.0794 e. The molecule has 0 aromatic carbocycles. The predicted octanol–water partition coefficient (Wildman–Crippen LogP) is 0.988. The van der Waals surface area contributed by atoms with E-state index in [9.17, 15) is 0 Å². The monoisotopic (exact) mass is 222 g/mol. The van der Waals surface area contributed by atoms with Gasteiger partial charge in [-0.3, -0.25) is 5.10 Å². The van der Waals surface area contributed by atoms with Crippen molar-refractivity contribution < 1.29 is 0 Å². The van der Waals surface area contributed by atoms with Crippen LogP contribution in [0.3, 0.4) is 0 Å². The highest BCUT2D eigenvalue weighted by atomic mass is 15.1. The van der Waals surface area contributed by atoms with Crippen molar-refractivity contribution in [3.63, 3.8) is 0 Å². The van der Waals surface area contributed by atoms with Gasteiger partial charge >= 0.3 is 0 Å². The minimum absolute atomic E-state index is 0.900. The van der Waals surface area contributed by atoms with E-state index in [1.165, 1.54) is 42.6 Å². The summed E-state index contributed by atoms with van der Waals surface area (Å²) in [7, 11) is 0.